The summed E-state index contributed by atoms with van der Waals surface area (Å²) in [7, 11) is 1.89. The number of alkyl halides is 5. The molecule has 3 aliphatic carbocycles. The second-order valence-electron chi connectivity index (χ2n) is 9.71. The maximum absolute atomic E-state index is 14.1. The molecule has 1 saturated carbocycles. The number of halogens is 5. The molecule has 6 nitrogen and oxygen atoms in total. The number of ketones is 2. The van der Waals surface area contributed by atoms with Gasteiger partial charge in [-0.1, -0.05) is 12.2 Å². The second-order valence-corrected chi connectivity index (χ2v) is 9.71. The van der Waals surface area contributed by atoms with Crippen LogP contribution in [0, 0.1) is 11.3 Å². The summed E-state index contributed by atoms with van der Waals surface area (Å²) >= 11 is 0. The van der Waals surface area contributed by atoms with Crippen LogP contribution in [0.15, 0.2) is 35.1 Å². The molecular formula is C22H22F5NO5. The predicted octanol–water partition coefficient (Wildman–Crippen LogP) is 2.07. The number of likely N-dealkylation sites (tertiary alicyclic amines) is 1. The van der Waals surface area contributed by atoms with Gasteiger partial charge in [-0.2, -0.15) is 22.0 Å². The van der Waals surface area contributed by atoms with E-state index in [2.05, 4.69) is 4.90 Å². The lowest BCUT2D eigenvalue weighted by molar-refractivity contribution is -0.275. The van der Waals surface area contributed by atoms with Gasteiger partial charge in [0.2, 0.25) is 0 Å². The molecule has 0 aromatic carbocycles. The molecule has 5 aliphatic rings. The van der Waals surface area contributed by atoms with Gasteiger partial charge in [0.05, 0.1) is 0 Å². The molecule has 180 valence electrons. The van der Waals surface area contributed by atoms with Crippen molar-refractivity contribution in [2.24, 2.45) is 11.3 Å². The average molecular weight is 475 g/mol. The number of ether oxygens (including phenoxy) is 1. The minimum absolute atomic E-state index is 0.106. The van der Waals surface area contributed by atoms with Crippen molar-refractivity contribution in [3.8, 4) is 0 Å². The summed E-state index contributed by atoms with van der Waals surface area (Å²) in [6, 6.07) is -0.106. The summed E-state index contributed by atoms with van der Waals surface area (Å²) < 4.78 is 73.1. The van der Waals surface area contributed by atoms with Gasteiger partial charge in [0, 0.05) is 29.4 Å². The van der Waals surface area contributed by atoms with E-state index in [1.807, 2.05) is 7.05 Å². The van der Waals surface area contributed by atoms with Crippen LogP contribution in [0.1, 0.15) is 26.2 Å². The van der Waals surface area contributed by atoms with Crippen LogP contribution in [0.3, 0.4) is 0 Å². The highest BCUT2D eigenvalue weighted by Crippen LogP contribution is 2.67. The normalized spacial score (nSPS) is 42.0. The molecule has 0 aromatic heterocycles. The molecule has 0 aromatic rings. The van der Waals surface area contributed by atoms with Crippen molar-refractivity contribution in [1.29, 1.82) is 0 Å². The molecule has 1 unspecified atom stereocenters. The second kappa shape index (κ2) is 6.31. The Kier molecular flexibility index (Phi) is 4.33. The van der Waals surface area contributed by atoms with Crippen LogP contribution in [0.4, 0.5) is 22.0 Å². The molecular weight excluding hydrogens is 453 g/mol. The van der Waals surface area contributed by atoms with Gasteiger partial charge in [-0.3, -0.25) is 9.59 Å². The molecule has 1 saturated heterocycles. The van der Waals surface area contributed by atoms with E-state index in [1.165, 1.54) is 12.2 Å². The summed E-state index contributed by atoms with van der Waals surface area (Å²) in [6.07, 6.45) is -3.51. The molecule has 6 atom stereocenters. The van der Waals surface area contributed by atoms with Gasteiger partial charge in [0.1, 0.15) is 11.9 Å². The Balaban J connectivity index is 1.73. The van der Waals surface area contributed by atoms with E-state index in [0.717, 1.165) is 6.92 Å². The monoisotopic (exact) mass is 475 g/mol. The maximum Gasteiger partial charge on any atom is 0.461 e. The zero-order valence-corrected chi connectivity index (χ0v) is 17.7. The van der Waals surface area contributed by atoms with E-state index >= 15 is 0 Å². The third-order valence-corrected chi connectivity index (χ3v) is 8.16. The summed E-state index contributed by atoms with van der Waals surface area (Å²) in [4.78, 5) is 27.1. The average Bonchev–Trinajstić information content (AvgIpc) is 3.09. The highest BCUT2D eigenvalue weighted by atomic mass is 19.4. The molecule has 2 bridgehead atoms. The Bertz CT molecular complexity index is 1060. The van der Waals surface area contributed by atoms with E-state index in [0.29, 0.717) is 18.5 Å². The Morgan fingerprint density at radius 1 is 1.21 bits per heavy atom. The Morgan fingerprint density at radius 3 is 2.48 bits per heavy atom. The van der Waals surface area contributed by atoms with Crippen LogP contribution >= 0.6 is 0 Å². The summed E-state index contributed by atoms with van der Waals surface area (Å²) in [5, 5.41) is 22.3. The van der Waals surface area contributed by atoms with E-state index < -0.39 is 58.6 Å². The van der Waals surface area contributed by atoms with Crippen LogP contribution in [-0.2, 0) is 14.3 Å². The molecule has 5 rings (SSSR count). The summed E-state index contributed by atoms with van der Waals surface area (Å²) in [6.45, 7) is 1.58. The Hall–Kier alpha value is -2.11. The number of aliphatic hydroxyl groups is 2. The zero-order valence-electron chi connectivity index (χ0n) is 17.7. The lowest BCUT2D eigenvalue weighted by Crippen LogP contribution is -2.67. The van der Waals surface area contributed by atoms with Crippen molar-refractivity contribution in [2.75, 3.05) is 13.6 Å². The minimum Gasteiger partial charge on any atom is -0.486 e. The fourth-order valence-electron chi connectivity index (χ4n) is 6.45. The number of rotatable bonds is 3. The molecule has 2 N–H and O–H groups in total. The molecule has 33 heavy (non-hydrogen) atoms. The van der Waals surface area contributed by atoms with Crippen LogP contribution in [-0.4, -0.2) is 75.7 Å². The molecule has 1 spiro atoms. The highest BCUT2D eigenvalue weighted by molar-refractivity contribution is 5.98. The predicted molar refractivity (Wildman–Crippen MR) is 102 cm³/mol. The molecule has 0 radical (unpaired) electrons. The number of piperidine rings is 1. The van der Waals surface area contributed by atoms with Gasteiger partial charge in [0.15, 0.2) is 17.0 Å². The fraction of sp³-hybridized carbons (Fsp3) is 0.636. The number of Topliss-reactive ketones (excluding diaryl/α,β-unsaturated/α-hetero) is 2. The van der Waals surface area contributed by atoms with Crippen LogP contribution in [0.2, 0.25) is 0 Å². The topological polar surface area (TPSA) is 87.1 Å². The number of carbonyl (C=O) groups excluding carboxylic acids is 2. The Morgan fingerprint density at radius 2 is 1.88 bits per heavy atom. The number of hydrogen-bond acceptors (Lipinski definition) is 6. The van der Waals surface area contributed by atoms with Gasteiger partial charge >= 0.3 is 12.1 Å². The Labute approximate surface area is 185 Å². The first-order chi connectivity index (χ1) is 15.1. The summed E-state index contributed by atoms with van der Waals surface area (Å²) in [5.74, 6) is -10.3. The standard InChI is InChI=1S/C22H22F5NO5/c1-10(29)19(31)6-4-12-13-9-11-3-5-20(32,16(30)21(23,24)22(25,26)27)15-14(11)18(12,17(19)33-15)7-8-28(13)2/h3-4,6,12-13,17,31-32H,5,7-9H2,1-2H3/t12-,13+,17+,18-,19+,20?/m0/s1. The molecule has 2 fully saturated rings. The van der Waals surface area contributed by atoms with Crippen molar-refractivity contribution >= 4 is 11.6 Å². The zero-order chi connectivity index (χ0) is 24.4. The molecule has 0 amide bonds. The van der Waals surface area contributed by atoms with Crippen LogP contribution < -0.4 is 0 Å². The third-order valence-electron chi connectivity index (χ3n) is 8.16. The van der Waals surface area contributed by atoms with Gasteiger partial charge in [-0.05, 0) is 45.0 Å². The van der Waals surface area contributed by atoms with Crippen molar-refractivity contribution in [2.45, 2.75) is 61.6 Å². The van der Waals surface area contributed by atoms with Crippen LogP contribution in [0.5, 0.6) is 0 Å². The fourth-order valence-corrected chi connectivity index (χ4v) is 6.45. The van der Waals surface area contributed by atoms with Crippen LogP contribution in [0.25, 0.3) is 0 Å². The number of carbonyl (C=O) groups is 2. The first kappa shape index (κ1) is 22.7. The first-order valence-electron chi connectivity index (χ1n) is 10.6. The quantitative estimate of drug-likeness (QED) is 0.480. The highest BCUT2D eigenvalue weighted by Gasteiger charge is 2.75. The first-order valence-corrected chi connectivity index (χ1v) is 10.6. The van der Waals surface area contributed by atoms with Crippen molar-refractivity contribution < 1.29 is 46.5 Å². The summed E-state index contributed by atoms with van der Waals surface area (Å²) in [5.41, 5.74) is -5.91. The largest absolute Gasteiger partial charge is 0.486 e. The van der Waals surface area contributed by atoms with Gasteiger partial charge in [-0.25, -0.2) is 0 Å². The number of hydrogen-bond donors (Lipinski definition) is 2. The van der Waals surface area contributed by atoms with E-state index in [9.17, 15) is 41.8 Å². The van der Waals surface area contributed by atoms with E-state index in [4.69, 9.17) is 4.74 Å². The molecule has 11 heteroatoms. The van der Waals surface area contributed by atoms with Crippen molar-refractivity contribution in [3.05, 3.63) is 35.1 Å². The molecule has 2 aliphatic heterocycles. The molecule has 2 heterocycles. The lowest BCUT2D eigenvalue weighted by Gasteiger charge is -2.59. The van der Waals surface area contributed by atoms with Gasteiger partial charge in [-0.15, -0.1) is 0 Å². The maximum atomic E-state index is 14.1. The third kappa shape index (κ3) is 2.48. The SMILES string of the molecule is CC(=O)[C@]1(O)C=C[C@H]2[C@H]3CC4=CCC(O)(C(=O)C(F)(F)C(F)(F)F)C5=C4[C@@]2(CCN3C)[C@H]1O5. The van der Waals surface area contributed by atoms with E-state index in [-0.39, 0.29) is 24.0 Å². The number of nitrogens with zero attached hydrogens (tertiary/aromatic N) is 1. The van der Waals surface area contributed by atoms with Crippen molar-refractivity contribution in [3.63, 3.8) is 0 Å². The van der Waals surface area contributed by atoms with Gasteiger partial charge < -0.3 is 19.8 Å². The van der Waals surface area contributed by atoms with Crippen molar-refractivity contribution in [1.82, 2.24) is 4.90 Å². The lowest BCUT2D eigenvalue weighted by atomic mass is 9.49. The smallest absolute Gasteiger partial charge is 0.461 e. The van der Waals surface area contributed by atoms with Gasteiger partial charge in [0.25, 0.3) is 5.78 Å². The van der Waals surface area contributed by atoms with E-state index in [1.54, 1.807) is 6.08 Å². The minimum atomic E-state index is -6.21.